The smallest absolute Gasteiger partial charge is 0.133 e. The zero-order valence-corrected chi connectivity index (χ0v) is 14.1. The van der Waals surface area contributed by atoms with E-state index in [9.17, 15) is 5.11 Å². The standard InChI is InChI=1S/C17H29N3O/c1-13-6-7-14-10-20(12-17(2,3)4)9-8-15(11-21)19(5)16(14)18-13/h6-7,15,21H,8-12H2,1-5H3. The quantitative estimate of drug-likeness (QED) is 0.908. The molecule has 4 nitrogen and oxygen atoms in total. The van der Waals surface area contributed by atoms with Crippen LogP contribution in [0.15, 0.2) is 12.1 Å². The second-order valence-electron chi connectivity index (χ2n) is 7.44. The minimum atomic E-state index is 0.140. The Hall–Kier alpha value is -1.13. The highest BCUT2D eigenvalue weighted by atomic mass is 16.3. The summed E-state index contributed by atoms with van der Waals surface area (Å²) in [6.45, 7) is 12.0. The highest BCUT2D eigenvalue weighted by Crippen LogP contribution is 2.26. The normalized spacial score (nSPS) is 20.9. The number of hydrogen-bond acceptors (Lipinski definition) is 4. The number of fused-ring (bicyclic) bond motifs is 1. The van der Waals surface area contributed by atoms with Gasteiger partial charge in [0.05, 0.1) is 12.6 Å². The van der Waals surface area contributed by atoms with Crippen molar-refractivity contribution in [1.29, 1.82) is 0 Å². The molecule has 1 aliphatic heterocycles. The Morgan fingerprint density at radius 1 is 1.33 bits per heavy atom. The third kappa shape index (κ3) is 4.17. The van der Waals surface area contributed by atoms with Gasteiger partial charge in [0.25, 0.3) is 0 Å². The molecule has 0 radical (unpaired) electrons. The van der Waals surface area contributed by atoms with Crippen LogP contribution in [0, 0.1) is 12.3 Å². The van der Waals surface area contributed by atoms with Crippen molar-refractivity contribution in [3.63, 3.8) is 0 Å². The molecule has 1 N–H and O–H groups in total. The number of aromatic nitrogens is 1. The van der Waals surface area contributed by atoms with Crippen molar-refractivity contribution >= 4 is 5.82 Å². The fraction of sp³-hybridized carbons (Fsp3) is 0.706. The van der Waals surface area contributed by atoms with E-state index in [-0.39, 0.29) is 18.1 Å². The molecule has 1 aromatic rings. The molecule has 2 rings (SSSR count). The summed E-state index contributed by atoms with van der Waals surface area (Å²) < 4.78 is 0. The van der Waals surface area contributed by atoms with Crippen molar-refractivity contribution in [2.45, 2.75) is 46.7 Å². The SMILES string of the molecule is Cc1ccc2c(n1)N(C)C(CO)CCN(CC(C)(C)C)C2. The molecule has 0 aromatic carbocycles. The molecule has 1 aromatic heterocycles. The molecule has 0 saturated heterocycles. The van der Waals surface area contributed by atoms with Crippen LogP contribution in [0.3, 0.4) is 0 Å². The zero-order chi connectivity index (χ0) is 15.6. The van der Waals surface area contributed by atoms with Gasteiger partial charge in [-0.3, -0.25) is 4.90 Å². The number of rotatable bonds is 2. The summed E-state index contributed by atoms with van der Waals surface area (Å²) in [7, 11) is 2.05. The number of aliphatic hydroxyl groups excluding tert-OH is 1. The predicted molar refractivity (Wildman–Crippen MR) is 87.6 cm³/mol. The largest absolute Gasteiger partial charge is 0.394 e. The summed E-state index contributed by atoms with van der Waals surface area (Å²) in [4.78, 5) is 9.35. The Morgan fingerprint density at radius 3 is 2.67 bits per heavy atom. The van der Waals surface area contributed by atoms with Crippen molar-refractivity contribution in [3.05, 3.63) is 23.4 Å². The van der Waals surface area contributed by atoms with Crippen LogP contribution in [0.2, 0.25) is 0 Å². The van der Waals surface area contributed by atoms with E-state index in [2.05, 4.69) is 42.7 Å². The molecule has 0 aliphatic carbocycles. The van der Waals surface area contributed by atoms with E-state index in [4.69, 9.17) is 4.98 Å². The summed E-state index contributed by atoms with van der Waals surface area (Å²) in [5.74, 6) is 1.02. The summed E-state index contributed by atoms with van der Waals surface area (Å²) in [6.07, 6.45) is 0.970. The van der Waals surface area contributed by atoms with E-state index >= 15 is 0 Å². The van der Waals surface area contributed by atoms with Crippen LogP contribution >= 0.6 is 0 Å². The summed E-state index contributed by atoms with van der Waals surface area (Å²) in [5, 5.41) is 9.70. The van der Waals surface area contributed by atoms with Crippen LogP contribution in [0.25, 0.3) is 0 Å². The van der Waals surface area contributed by atoms with Crippen LogP contribution in [0.4, 0.5) is 5.82 Å². The average molecular weight is 291 g/mol. The lowest BCUT2D eigenvalue weighted by Crippen LogP contribution is -2.43. The summed E-state index contributed by atoms with van der Waals surface area (Å²) in [5.41, 5.74) is 2.56. The van der Waals surface area contributed by atoms with Gasteiger partial charge in [-0.25, -0.2) is 4.98 Å². The Balaban J connectivity index is 2.32. The van der Waals surface area contributed by atoms with Crippen molar-refractivity contribution in [2.24, 2.45) is 5.41 Å². The number of pyridine rings is 1. The predicted octanol–water partition coefficient (Wildman–Crippen LogP) is 2.44. The first-order chi connectivity index (χ1) is 9.80. The van der Waals surface area contributed by atoms with Crippen LogP contribution < -0.4 is 4.90 Å². The lowest BCUT2D eigenvalue weighted by molar-refractivity contribution is 0.164. The van der Waals surface area contributed by atoms with Gasteiger partial charge in [0, 0.05) is 37.9 Å². The van der Waals surface area contributed by atoms with Gasteiger partial charge in [0.2, 0.25) is 0 Å². The van der Waals surface area contributed by atoms with E-state index < -0.39 is 0 Å². The number of aryl methyl sites for hydroxylation is 1. The van der Waals surface area contributed by atoms with Crippen molar-refractivity contribution in [1.82, 2.24) is 9.88 Å². The van der Waals surface area contributed by atoms with Gasteiger partial charge in [-0.1, -0.05) is 26.8 Å². The molecule has 0 spiro atoms. The van der Waals surface area contributed by atoms with E-state index in [0.717, 1.165) is 37.6 Å². The molecule has 0 amide bonds. The number of nitrogens with zero attached hydrogens (tertiary/aromatic N) is 3. The minimum Gasteiger partial charge on any atom is -0.394 e. The monoisotopic (exact) mass is 291 g/mol. The molecule has 1 atom stereocenters. The summed E-state index contributed by atoms with van der Waals surface area (Å²) in [6, 6.07) is 4.40. The Labute approximate surface area is 128 Å². The van der Waals surface area contributed by atoms with Crippen LogP contribution in [-0.2, 0) is 6.54 Å². The number of aliphatic hydroxyl groups is 1. The second-order valence-corrected chi connectivity index (χ2v) is 7.44. The molecule has 2 heterocycles. The van der Waals surface area contributed by atoms with E-state index in [1.807, 2.05) is 14.0 Å². The lowest BCUT2D eigenvalue weighted by Gasteiger charge is -2.37. The highest BCUT2D eigenvalue weighted by Gasteiger charge is 2.25. The molecule has 4 heteroatoms. The van der Waals surface area contributed by atoms with Crippen LogP contribution in [-0.4, -0.2) is 47.8 Å². The van der Waals surface area contributed by atoms with E-state index in [1.54, 1.807) is 0 Å². The van der Waals surface area contributed by atoms with Gasteiger partial charge in [0.1, 0.15) is 5.82 Å². The first kappa shape index (κ1) is 16.2. The maximum Gasteiger partial charge on any atom is 0.133 e. The maximum absolute atomic E-state index is 9.70. The lowest BCUT2D eigenvalue weighted by atomic mass is 9.95. The molecular formula is C17H29N3O. The fourth-order valence-corrected chi connectivity index (χ4v) is 3.04. The molecule has 21 heavy (non-hydrogen) atoms. The number of hydrogen-bond donors (Lipinski definition) is 1. The fourth-order valence-electron chi connectivity index (χ4n) is 3.04. The average Bonchev–Trinajstić information content (AvgIpc) is 2.37. The Bertz CT molecular complexity index is 481. The first-order valence-corrected chi connectivity index (χ1v) is 7.83. The maximum atomic E-state index is 9.70. The van der Waals surface area contributed by atoms with Gasteiger partial charge < -0.3 is 10.0 Å². The van der Waals surface area contributed by atoms with E-state index in [0.29, 0.717) is 0 Å². The number of anilines is 1. The van der Waals surface area contributed by atoms with Crippen molar-refractivity contribution in [2.75, 3.05) is 31.6 Å². The first-order valence-electron chi connectivity index (χ1n) is 7.83. The van der Waals surface area contributed by atoms with Crippen LogP contribution in [0.5, 0.6) is 0 Å². The van der Waals surface area contributed by atoms with Gasteiger partial charge in [-0.15, -0.1) is 0 Å². The third-order valence-electron chi connectivity index (χ3n) is 4.06. The molecule has 1 aliphatic rings. The van der Waals surface area contributed by atoms with Gasteiger partial charge >= 0.3 is 0 Å². The minimum absolute atomic E-state index is 0.140. The summed E-state index contributed by atoms with van der Waals surface area (Å²) >= 11 is 0. The molecule has 1 unspecified atom stereocenters. The van der Waals surface area contributed by atoms with E-state index in [1.165, 1.54) is 5.56 Å². The van der Waals surface area contributed by atoms with Crippen LogP contribution in [0.1, 0.15) is 38.4 Å². The van der Waals surface area contributed by atoms with Gasteiger partial charge in [-0.2, -0.15) is 0 Å². The molecule has 118 valence electrons. The molecule has 0 bridgehead atoms. The number of likely N-dealkylation sites (N-methyl/N-ethyl adjacent to an activating group) is 1. The Morgan fingerprint density at radius 2 is 2.05 bits per heavy atom. The molecule has 0 fully saturated rings. The Kier molecular flexibility index (Phi) is 4.89. The van der Waals surface area contributed by atoms with Gasteiger partial charge in [0.15, 0.2) is 0 Å². The zero-order valence-electron chi connectivity index (χ0n) is 14.1. The third-order valence-corrected chi connectivity index (χ3v) is 4.06. The molecule has 0 saturated carbocycles. The van der Waals surface area contributed by atoms with Crippen molar-refractivity contribution < 1.29 is 5.11 Å². The van der Waals surface area contributed by atoms with Gasteiger partial charge in [-0.05, 0) is 24.8 Å². The van der Waals surface area contributed by atoms with Crippen molar-refractivity contribution in [3.8, 4) is 0 Å². The second kappa shape index (κ2) is 6.32. The highest BCUT2D eigenvalue weighted by molar-refractivity contribution is 5.48. The molecular weight excluding hydrogens is 262 g/mol. The topological polar surface area (TPSA) is 39.6 Å².